The Bertz CT molecular complexity index is 616. The molecular formula is C17H20ClNO. The van der Waals surface area contributed by atoms with Crippen molar-refractivity contribution in [2.75, 3.05) is 0 Å². The molecule has 1 N–H and O–H groups in total. The molecule has 20 heavy (non-hydrogen) atoms. The number of hydrogen-bond donors (Lipinski definition) is 1. The second-order valence-corrected chi connectivity index (χ2v) is 6.15. The zero-order valence-corrected chi connectivity index (χ0v) is 12.9. The van der Waals surface area contributed by atoms with Gasteiger partial charge in [0.1, 0.15) is 4.87 Å². The average molecular weight is 290 g/mol. The smallest absolute Gasteiger partial charge is 0.241 e. The van der Waals surface area contributed by atoms with E-state index in [9.17, 15) is 4.79 Å². The Morgan fingerprint density at radius 3 is 2.60 bits per heavy atom. The fraction of sp³-hybridized carbons (Fsp3) is 0.353. The molecular weight excluding hydrogens is 270 g/mol. The van der Waals surface area contributed by atoms with E-state index in [1.807, 2.05) is 38.1 Å². The van der Waals surface area contributed by atoms with Crippen molar-refractivity contribution in [3.63, 3.8) is 0 Å². The van der Waals surface area contributed by atoms with E-state index in [4.69, 9.17) is 11.6 Å². The molecule has 0 unspecified atom stereocenters. The second-order valence-electron chi connectivity index (χ2n) is 5.31. The summed E-state index contributed by atoms with van der Waals surface area (Å²) < 4.78 is 0. The number of hydrogen-bond acceptors (Lipinski definition) is 1. The summed E-state index contributed by atoms with van der Waals surface area (Å²) in [5.74, 6) is -0.123. The van der Waals surface area contributed by atoms with Crippen LogP contribution in [0, 0.1) is 0 Å². The van der Waals surface area contributed by atoms with Gasteiger partial charge in [-0.3, -0.25) is 4.79 Å². The van der Waals surface area contributed by atoms with Crippen LogP contribution in [0.15, 0.2) is 42.5 Å². The zero-order chi connectivity index (χ0) is 14.8. The van der Waals surface area contributed by atoms with Gasteiger partial charge in [0.25, 0.3) is 0 Å². The third kappa shape index (κ3) is 2.96. The molecule has 2 rings (SSSR count). The van der Waals surface area contributed by atoms with Crippen LogP contribution in [-0.2, 0) is 4.79 Å². The van der Waals surface area contributed by atoms with Crippen LogP contribution in [0.4, 0.5) is 0 Å². The number of benzene rings is 2. The van der Waals surface area contributed by atoms with E-state index in [0.717, 1.165) is 10.9 Å². The van der Waals surface area contributed by atoms with E-state index in [1.54, 1.807) is 6.92 Å². The Labute approximate surface area is 125 Å². The molecule has 0 saturated carbocycles. The summed E-state index contributed by atoms with van der Waals surface area (Å²) in [6.45, 7) is 5.65. The van der Waals surface area contributed by atoms with Crippen LogP contribution in [0.1, 0.15) is 38.8 Å². The van der Waals surface area contributed by atoms with Crippen LogP contribution in [0.3, 0.4) is 0 Å². The number of carbonyl (C=O) groups is 1. The predicted molar refractivity (Wildman–Crippen MR) is 85.1 cm³/mol. The van der Waals surface area contributed by atoms with Gasteiger partial charge in [-0.15, -0.1) is 11.6 Å². The first-order valence-electron chi connectivity index (χ1n) is 6.93. The molecule has 0 aliphatic rings. The van der Waals surface area contributed by atoms with Crippen molar-refractivity contribution in [1.29, 1.82) is 0 Å². The molecule has 2 aromatic carbocycles. The first-order chi connectivity index (χ1) is 9.45. The van der Waals surface area contributed by atoms with Crippen molar-refractivity contribution >= 4 is 28.3 Å². The molecule has 0 saturated heterocycles. The van der Waals surface area contributed by atoms with Crippen molar-refractivity contribution in [1.82, 2.24) is 5.32 Å². The molecule has 1 amide bonds. The SMILES string of the molecule is CC[C@@](C)(Cl)C(=O)N[C@@H](C)c1cccc2ccccc12. The standard InChI is InChI=1S/C17H20ClNO/c1-4-17(3,18)16(20)19-12(2)14-11-7-9-13-8-5-6-10-15(13)14/h5-12H,4H2,1-3H3,(H,19,20)/t12-,17+/m0/s1. The van der Waals surface area contributed by atoms with Crippen LogP contribution in [0.2, 0.25) is 0 Å². The highest BCUT2D eigenvalue weighted by Crippen LogP contribution is 2.26. The maximum atomic E-state index is 12.2. The largest absolute Gasteiger partial charge is 0.348 e. The summed E-state index contributed by atoms with van der Waals surface area (Å²) in [7, 11) is 0. The third-order valence-electron chi connectivity index (χ3n) is 3.77. The topological polar surface area (TPSA) is 29.1 Å². The lowest BCUT2D eigenvalue weighted by Gasteiger charge is -2.23. The number of fused-ring (bicyclic) bond motifs is 1. The normalized spacial score (nSPS) is 15.6. The van der Waals surface area contributed by atoms with Crippen molar-refractivity contribution in [2.45, 2.75) is 38.1 Å². The fourth-order valence-electron chi connectivity index (χ4n) is 2.21. The molecule has 0 fully saturated rings. The van der Waals surface area contributed by atoms with Gasteiger partial charge in [0.2, 0.25) is 5.91 Å². The van der Waals surface area contributed by atoms with Gasteiger partial charge in [0.05, 0.1) is 6.04 Å². The number of halogens is 1. The molecule has 0 aliphatic carbocycles. The molecule has 0 aromatic heterocycles. The van der Waals surface area contributed by atoms with E-state index < -0.39 is 4.87 Å². The first-order valence-corrected chi connectivity index (χ1v) is 7.31. The van der Waals surface area contributed by atoms with Crippen LogP contribution in [-0.4, -0.2) is 10.8 Å². The van der Waals surface area contributed by atoms with Gasteiger partial charge in [-0.05, 0) is 36.6 Å². The van der Waals surface area contributed by atoms with E-state index in [1.165, 1.54) is 5.39 Å². The van der Waals surface area contributed by atoms with Gasteiger partial charge >= 0.3 is 0 Å². The Kier molecular flexibility index (Phi) is 4.34. The molecule has 0 spiro atoms. The Morgan fingerprint density at radius 2 is 1.90 bits per heavy atom. The number of rotatable bonds is 4. The average Bonchev–Trinajstić information content (AvgIpc) is 2.46. The van der Waals surface area contributed by atoms with E-state index in [0.29, 0.717) is 6.42 Å². The minimum atomic E-state index is -0.848. The molecule has 106 valence electrons. The van der Waals surface area contributed by atoms with Crippen LogP contribution in [0.5, 0.6) is 0 Å². The van der Waals surface area contributed by atoms with Crippen molar-refractivity contribution in [3.05, 3.63) is 48.0 Å². The lowest BCUT2D eigenvalue weighted by atomic mass is 9.99. The number of alkyl halides is 1. The molecule has 2 nitrogen and oxygen atoms in total. The fourth-order valence-corrected chi connectivity index (χ4v) is 2.27. The van der Waals surface area contributed by atoms with Gasteiger partial charge in [-0.2, -0.15) is 0 Å². The highest BCUT2D eigenvalue weighted by molar-refractivity contribution is 6.34. The van der Waals surface area contributed by atoms with E-state index in [2.05, 4.69) is 23.5 Å². The minimum Gasteiger partial charge on any atom is -0.348 e. The van der Waals surface area contributed by atoms with Gasteiger partial charge < -0.3 is 5.32 Å². The maximum absolute atomic E-state index is 12.2. The summed E-state index contributed by atoms with van der Waals surface area (Å²) in [4.78, 5) is 11.3. The summed E-state index contributed by atoms with van der Waals surface area (Å²) >= 11 is 6.21. The van der Waals surface area contributed by atoms with Crippen LogP contribution >= 0.6 is 11.6 Å². The summed E-state index contributed by atoms with van der Waals surface area (Å²) in [6.07, 6.45) is 0.600. The molecule has 3 heteroatoms. The summed E-state index contributed by atoms with van der Waals surface area (Å²) in [5.41, 5.74) is 1.11. The molecule has 0 radical (unpaired) electrons. The number of carbonyl (C=O) groups excluding carboxylic acids is 1. The number of amides is 1. The van der Waals surface area contributed by atoms with Crippen molar-refractivity contribution < 1.29 is 4.79 Å². The van der Waals surface area contributed by atoms with Crippen molar-refractivity contribution in [2.24, 2.45) is 0 Å². The van der Waals surface area contributed by atoms with E-state index in [-0.39, 0.29) is 11.9 Å². The summed E-state index contributed by atoms with van der Waals surface area (Å²) in [5, 5.41) is 5.35. The predicted octanol–water partition coefficient (Wildman–Crippen LogP) is 4.42. The van der Waals surface area contributed by atoms with Crippen LogP contribution < -0.4 is 5.32 Å². The van der Waals surface area contributed by atoms with Crippen LogP contribution in [0.25, 0.3) is 10.8 Å². The van der Waals surface area contributed by atoms with Gasteiger partial charge in [-0.1, -0.05) is 49.4 Å². The molecule has 0 heterocycles. The molecule has 2 aromatic rings. The Morgan fingerprint density at radius 1 is 1.25 bits per heavy atom. The second kappa shape index (κ2) is 5.84. The monoisotopic (exact) mass is 289 g/mol. The van der Waals surface area contributed by atoms with E-state index >= 15 is 0 Å². The molecule has 2 atom stereocenters. The quantitative estimate of drug-likeness (QED) is 0.829. The first kappa shape index (κ1) is 14.9. The zero-order valence-electron chi connectivity index (χ0n) is 12.1. The minimum absolute atomic E-state index is 0.0711. The lowest BCUT2D eigenvalue weighted by molar-refractivity contribution is -0.124. The Balaban J connectivity index is 2.28. The molecule has 0 aliphatic heterocycles. The van der Waals surface area contributed by atoms with Gasteiger partial charge in [0, 0.05) is 0 Å². The number of nitrogens with one attached hydrogen (secondary N) is 1. The van der Waals surface area contributed by atoms with Gasteiger partial charge in [0.15, 0.2) is 0 Å². The lowest BCUT2D eigenvalue weighted by Crippen LogP contribution is -2.41. The van der Waals surface area contributed by atoms with Gasteiger partial charge in [-0.25, -0.2) is 0 Å². The summed E-state index contributed by atoms with van der Waals surface area (Å²) in [6, 6.07) is 14.2. The maximum Gasteiger partial charge on any atom is 0.241 e. The highest BCUT2D eigenvalue weighted by Gasteiger charge is 2.29. The highest BCUT2D eigenvalue weighted by atomic mass is 35.5. The van der Waals surface area contributed by atoms with Crippen molar-refractivity contribution in [3.8, 4) is 0 Å². The third-order valence-corrected chi connectivity index (χ3v) is 4.21. The Hall–Kier alpha value is -1.54. The molecule has 0 bridgehead atoms.